The summed E-state index contributed by atoms with van der Waals surface area (Å²) in [5.41, 5.74) is 4.56. The van der Waals surface area contributed by atoms with Crippen molar-refractivity contribution in [3.05, 3.63) is 111 Å². The molecule has 1 aliphatic rings. The van der Waals surface area contributed by atoms with E-state index in [4.69, 9.17) is 21.7 Å². The van der Waals surface area contributed by atoms with Crippen molar-refractivity contribution in [2.24, 2.45) is 0 Å². The second-order valence-electron chi connectivity index (χ2n) is 8.54. The molecule has 190 valence electrons. The molecule has 3 aromatic rings. The van der Waals surface area contributed by atoms with E-state index in [0.717, 1.165) is 23.4 Å². The zero-order chi connectivity index (χ0) is 26.4. The van der Waals surface area contributed by atoms with Crippen LogP contribution < -0.4 is 5.32 Å². The predicted octanol–water partition coefficient (Wildman–Crippen LogP) is 4.72. The van der Waals surface area contributed by atoms with Crippen molar-refractivity contribution in [1.29, 1.82) is 0 Å². The van der Waals surface area contributed by atoms with Crippen molar-refractivity contribution in [2.45, 2.75) is 26.2 Å². The van der Waals surface area contributed by atoms with E-state index in [9.17, 15) is 9.59 Å². The van der Waals surface area contributed by atoms with Gasteiger partial charge in [-0.25, -0.2) is 14.6 Å². The quantitative estimate of drug-likeness (QED) is 0.294. The third kappa shape index (κ3) is 5.95. The summed E-state index contributed by atoms with van der Waals surface area (Å²) in [7, 11) is 1.31. The van der Waals surface area contributed by atoms with Crippen molar-refractivity contribution < 1.29 is 19.1 Å². The molecule has 0 saturated heterocycles. The Balaban J connectivity index is 1.49. The molecule has 0 spiro atoms. The van der Waals surface area contributed by atoms with Crippen molar-refractivity contribution >= 4 is 30.2 Å². The summed E-state index contributed by atoms with van der Waals surface area (Å²) in [5.74, 6) is -0.897. The molecule has 0 radical (unpaired) electrons. The molecule has 3 N–H and O–H groups in total. The number of nitrogens with zero attached hydrogens (tertiary/aromatic N) is 1. The van der Waals surface area contributed by atoms with Crippen LogP contribution in [-0.2, 0) is 25.5 Å². The molecule has 2 aromatic heterocycles. The Bertz CT molecular complexity index is 1430. The highest BCUT2D eigenvalue weighted by Crippen LogP contribution is 2.39. The summed E-state index contributed by atoms with van der Waals surface area (Å²) in [4.78, 5) is 36.3. The summed E-state index contributed by atoms with van der Waals surface area (Å²) in [6.45, 7) is 3.61. The van der Waals surface area contributed by atoms with Crippen LogP contribution in [0.3, 0.4) is 0 Å². The molecule has 1 unspecified atom stereocenters. The first-order valence-electron chi connectivity index (χ1n) is 11.7. The number of hydrogen-bond donors (Lipinski definition) is 3. The van der Waals surface area contributed by atoms with E-state index in [1.54, 1.807) is 50.6 Å². The number of esters is 2. The Morgan fingerprint density at radius 2 is 1.76 bits per heavy atom. The Hall–Kier alpha value is -4.24. The van der Waals surface area contributed by atoms with E-state index in [0.29, 0.717) is 32.7 Å². The van der Waals surface area contributed by atoms with Gasteiger partial charge in [0.1, 0.15) is 17.1 Å². The fraction of sp³-hybridized carbons (Fsp3) is 0.214. The van der Waals surface area contributed by atoms with Crippen LogP contribution in [0.2, 0.25) is 0 Å². The molecule has 0 amide bonds. The van der Waals surface area contributed by atoms with Crippen LogP contribution in [-0.4, -0.2) is 40.6 Å². The number of rotatable bonds is 8. The van der Waals surface area contributed by atoms with Gasteiger partial charge < -0.3 is 24.8 Å². The lowest BCUT2D eigenvalue weighted by atomic mass is 9.81. The monoisotopic (exact) mass is 516 g/mol. The van der Waals surface area contributed by atoms with Gasteiger partial charge >= 0.3 is 11.9 Å². The SMILES string of the molecule is COC(=O)C1=C(C)NC(C)=C(C(=O)OCC=Cc2ccc(Cc3ncc[nH]3)cc2)C1c1ccc[nH]c1=S. The Morgan fingerprint density at radius 1 is 1.03 bits per heavy atom. The van der Waals surface area contributed by atoms with Crippen LogP contribution >= 0.6 is 12.2 Å². The average Bonchev–Trinajstić information content (AvgIpc) is 3.40. The standard InChI is InChI=1S/C28H28N4O4S/c1-17-23(27(33)35-3)25(21-7-4-12-31-26(21)37)24(18(2)32-17)28(34)36-15-5-6-19-8-10-20(11-9-19)16-22-29-13-14-30-22/h4-14,25,32H,15-16H2,1-3H3,(H,29,30)(H,31,37). The van der Waals surface area contributed by atoms with Gasteiger partial charge in [-0.3, -0.25) is 0 Å². The minimum absolute atomic E-state index is 0.0639. The molecule has 0 bridgehead atoms. The maximum Gasteiger partial charge on any atom is 0.337 e. The van der Waals surface area contributed by atoms with Gasteiger partial charge in [-0.1, -0.05) is 48.6 Å². The molecule has 1 atom stereocenters. The summed E-state index contributed by atoms with van der Waals surface area (Å²) >= 11 is 5.48. The summed E-state index contributed by atoms with van der Waals surface area (Å²) in [5, 5.41) is 3.12. The molecule has 0 aliphatic carbocycles. The van der Waals surface area contributed by atoms with E-state index in [-0.39, 0.29) is 6.61 Å². The third-order valence-electron chi connectivity index (χ3n) is 6.07. The van der Waals surface area contributed by atoms with Crippen molar-refractivity contribution in [3.63, 3.8) is 0 Å². The smallest absolute Gasteiger partial charge is 0.337 e. The van der Waals surface area contributed by atoms with E-state index in [1.165, 1.54) is 7.11 Å². The highest BCUT2D eigenvalue weighted by molar-refractivity contribution is 7.71. The van der Waals surface area contributed by atoms with Gasteiger partial charge in [0.05, 0.1) is 24.2 Å². The second-order valence-corrected chi connectivity index (χ2v) is 8.94. The summed E-state index contributed by atoms with van der Waals surface area (Å²) < 4.78 is 11.1. The summed E-state index contributed by atoms with van der Waals surface area (Å²) in [6.07, 6.45) is 9.63. The van der Waals surface area contributed by atoms with Crippen LogP contribution in [0.25, 0.3) is 6.08 Å². The van der Waals surface area contributed by atoms with Crippen LogP contribution in [0.4, 0.5) is 0 Å². The van der Waals surface area contributed by atoms with Gasteiger partial charge in [0.25, 0.3) is 0 Å². The molecule has 1 aromatic carbocycles. The lowest BCUT2D eigenvalue weighted by Gasteiger charge is -2.30. The van der Waals surface area contributed by atoms with Gasteiger partial charge in [-0.2, -0.15) is 0 Å². The molecule has 3 heterocycles. The number of ether oxygens (including phenoxy) is 2. The Kier molecular flexibility index (Phi) is 8.15. The second kappa shape index (κ2) is 11.7. The Labute approximate surface area is 220 Å². The van der Waals surface area contributed by atoms with Gasteiger partial charge in [0, 0.05) is 36.4 Å². The first kappa shape index (κ1) is 25.8. The normalized spacial score (nSPS) is 15.6. The summed E-state index contributed by atoms with van der Waals surface area (Å²) in [6, 6.07) is 11.6. The maximum absolute atomic E-state index is 13.3. The Morgan fingerprint density at radius 3 is 2.41 bits per heavy atom. The number of carbonyl (C=O) groups excluding carboxylic acids is 2. The number of pyridine rings is 1. The van der Waals surface area contributed by atoms with E-state index >= 15 is 0 Å². The fourth-order valence-corrected chi connectivity index (χ4v) is 4.59. The first-order valence-corrected chi connectivity index (χ1v) is 12.1. The molecular weight excluding hydrogens is 488 g/mol. The first-order chi connectivity index (χ1) is 17.9. The van der Waals surface area contributed by atoms with E-state index in [2.05, 4.69) is 20.3 Å². The third-order valence-corrected chi connectivity index (χ3v) is 6.43. The minimum Gasteiger partial charge on any atom is -0.466 e. The zero-order valence-electron chi connectivity index (χ0n) is 20.8. The number of hydrogen-bond acceptors (Lipinski definition) is 7. The number of aromatic amines is 2. The van der Waals surface area contributed by atoms with Gasteiger partial charge in [0.2, 0.25) is 0 Å². The number of nitrogens with one attached hydrogen (secondary N) is 3. The number of dihydropyridines is 1. The number of methoxy groups -OCH3 is 1. The van der Waals surface area contributed by atoms with Gasteiger partial charge in [-0.05, 0) is 42.7 Å². The average molecular weight is 517 g/mol. The van der Waals surface area contributed by atoms with Crippen LogP contribution in [0.1, 0.15) is 42.3 Å². The highest BCUT2D eigenvalue weighted by Gasteiger charge is 2.38. The van der Waals surface area contributed by atoms with Crippen molar-refractivity contribution in [1.82, 2.24) is 20.3 Å². The molecule has 0 fully saturated rings. The van der Waals surface area contributed by atoms with Crippen molar-refractivity contribution in [3.8, 4) is 0 Å². The molecule has 9 heteroatoms. The number of H-pyrrole nitrogens is 2. The zero-order valence-corrected chi connectivity index (χ0v) is 21.6. The van der Waals surface area contributed by atoms with Crippen LogP contribution in [0, 0.1) is 4.64 Å². The van der Waals surface area contributed by atoms with Gasteiger partial charge in [0.15, 0.2) is 0 Å². The topological polar surface area (TPSA) is 109 Å². The van der Waals surface area contributed by atoms with Crippen LogP contribution in [0.15, 0.2) is 83.6 Å². The van der Waals surface area contributed by atoms with Gasteiger partial charge in [-0.15, -0.1) is 0 Å². The molecule has 4 rings (SSSR count). The fourth-order valence-electron chi connectivity index (χ4n) is 4.34. The molecule has 0 saturated carbocycles. The largest absolute Gasteiger partial charge is 0.466 e. The lowest BCUT2D eigenvalue weighted by Crippen LogP contribution is -2.32. The number of carbonyl (C=O) groups is 2. The lowest BCUT2D eigenvalue weighted by molar-refractivity contribution is -0.138. The number of benzene rings is 1. The van der Waals surface area contributed by atoms with Crippen molar-refractivity contribution in [2.75, 3.05) is 13.7 Å². The van der Waals surface area contributed by atoms with E-state index < -0.39 is 17.9 Å². The highest BCUT2D eigenvalue weighted by atomic mass is 32.1. The molecular formula is C28H28N4O4S. The predicted molar refractivity (Wildman–Crippen MR) is 143 cm³/mol. The maximum atomic E-state index is 13.3. The molecule has 1 aliphatic heterocycles. The van der Waals surface area contributed by atoms with E-state index in [1.807, 2.05) is 30.3 Å². The minimum atomic E-state index is -0.725. The number of aromatic nitrogens is 3. The van der Waals surface area contributed by atoms with Crippen LogP contribution in [0.5, 0.6) is 0 Å². The molecule has 37 heavy (non-hydrogen) atoms. The number of allylic oxidation sites excluding steroid dienone is 2. The number of imidazole rings is 1. The molecule has 8 nitrogen and oxygen atoms in total.